The van der Waals surface area contributed by atoms with E-state index in [4.69, 9.17) is 11.6 Å². The van der Waals surface area contributed by atoms with Gasteiger partial charge in [-0.15, -0.1) is 0 Å². The zero-order valence-corrected chi connectivity index (χ0v) is 19.3. The Bertz CT molecular complexity index is 1090. The molecule has 2 aromatic rings. The predicted octanol–water partition coefficient (Wildman–Crippen LogP) is 3.08. The molecule has 7 nitrogen and oxygen atoms in total. The highest BCUT2D eigenvalue weighted by Crippen LogP contribution is 2.33. The minimum atomic E-state index is -4.46. The fourth-order valence-electron chi connectivity index (χ4n) is 4.44. The number of halogens is 4. The summed E-state index contributed by atoms with van der Waals surface area (Å²) in [6.07, 6.45) is -3.74. The number of rotatable bonds is 5. The number of aryl methyl sites for hydroxylation is 1. The lowest BCUT2D eigenvalue weighted by atomic mass is 9.87. The molecule has 0 radical (unpaired) electrons. The van der Waals surface area contributed by atoms with Gasteiger partial charge in [-0.05, 0) is 43.2 Å². The Morgan fingerprint density at radius 2 is 1.85 bits per heavy atom. The lowest BCUT2D eigenvalue weighted by Crippen LogP contribution is -2.68. The van der Waals surface area contributed by atoms with Crippen LogP contribution in [0, 0.1) is 12.8 Å². The number of hydrogen-bond acceptors (Lipinski definition) is 5. The number of hydrogen-bond donors (Lipinski definition) is 1. The van der Waals surface area contributed by atoms with E-state index in [9.17, 15) is 27.9 Å². The summed E-state index contributed by atoms with van der Waals surface area (Å²) in [7, 11) is 0. The molecule has 11 heteroatoms. The highest BCUT2D eigenvalue weighted by Gasteiger charge is 2.49. The Hall–Kier alpha value is -2.69. The Balaban J connectivity index is 1.63. The first kappa shape index (κ1) is 24.4. The number of carbonyl (C=O) groups excluding carboxylic acids is 2. The van der Waals surface area contributed by atoms with Crippen molar-refractivity contribution in [1.82, 2.24) is 14.8 Å². The van der Waals surface area contributed by atoms with E-state index >= 15 is 0 Å². The number of aliphatic hydroxyl groups excluding tert-OH is 1. The highest BCUT2D eigenvalue weighted by molar-refractivity contribution is 6.30. The summed E-state index contributed by atoms with van der Waals surface area (Å²) < 4.78 is 38.8. The molecular weight excluding hydrogens is 473 g/mol. The van der Waals surface area contributed by atoms with E-state index in [1.165, 1.54) is 28.1 Å². The van der Waals surface area contributed by atoms with Crippen LogP contribution in [0.5, 0.6) is 0 Å². The zero-order chi connectivity index (χ0) is 24.8. The average molecular weight is 497 g/mol. The maximum Gasteiger partial charge on any atom is 0.416 e. The van der Waals surface area contributed by atoms with Gasteiger partial charge in [-0.3, -0.25) is 19.4 Å². The Labute approximate surface area is 199 Å². The molecule has 182 valence electrons. The van der Waals surface area contributed by atoms with E-state index in [1.54, 1.807) is 24.8 Å². The van der Waals surface area contributed by atoms with Crippen LogP contribution >= 0.6 is 11.6 Å². The molecule has 0 bridgehead atoms. The number of nitrogens with zero attached hydrogens (tertiary/aromatic N) is 4. The molecular formula is C23H24ClF3N4O3. The van der Waals surface area contributed by atoms with E-state index in [2.05, 4.69) is 4.98 Å². The minimum Gasteiger partial charge on any atom is -0.379 e. The number of piperazine rings is 1. The molecule has 0 saturated carbocycles. The van der Waals surface area contributed by atoms with Crippen molar-refractivity contribution >= 4 is 29.2 Å². The molecule has 0 spiro atoms. The molecule has 3 heterocycles. The van der Waals surface area contributed by atoms with Crippen LogP contribution in [0.25, 0.3) is 0 Å². The molecule has 2 aliphatic heterocycles. The average Bonchev–Trinajstić information content (AvgIpc) is 2.71. The third kappa shape index (κ3) is 4.75. The molecule has 0 aliphatic carbocycles. The van der Waals surface area contributed by atoms with Crippen LogP contribution in [0.1, 0.15) is 23.6 Å². The molecule has 2 atom stereocenters. The molecule has 2 amide bonds. The smallest absolute Gasteiger partial charge is 0.379 e. The van der Waals surface area contributed by atoms with Gasteiger partial charge in [0.25, 0.3) is 5.91 Å². The zero-order valence-electron chi connectivity index (χ0n) is 18.6. The summed E-state index contributed by atoms with van der Waals surface area (Å²) >= 11 is 5.99. The fourth-order valence-corrected chi connectivity index (χ4v) is 4.65. The SMILES string of the molecule is Cc1cc(Cl)cnc1N1CC(=O)N(Cc2ccc(C(F)(F)F)cc2)C(C2CN(C(C)O)C2)C1=O. The monoisotopic (exact) mass is 496 g/mol. The second-order valence-corrected chi connectivity index (χ2v) is 9.16. The van der Waals surface area contributed by atoms with Gasteiger partial charge in [0, 0.05) is 31.7 Å². The Kier molecular flexibility index (Phi) is 6.58. The first-order valence-corrected chi connectivity index (χ1v) is 11.1. The first-order valence-electron chi connectivity index (χ1n) is 10.8. The number of benzene rings is 1. The van der Waals surface area contributed by atoms with Crippen LogP contribution in [0.15, 0.2) is 36.5 Å². The summed E-state index contributed by atoms with van der Waals surface area (Å²) in [5, 5.41) is 10.2. The van der Waals surface area contributed by atoms with Gasteiger partial charge in [-0.2, -0.15) is 13.2 Å². The van der Waals surface area contributed by atoms with E-state index in [1.807, 2.05) is 0 Å². The molecule has 2 fully saturated rings. The third-order valence-corrected chi connectivity index (χ3v) is 6.50. The lowest BCUT2D eigenvalue weighted by molar-refractivity contribution is -0.152. The van der Waals surface area contributed by atoms with Gasteiger partial charge in [0.1, 0.15) is 24.6 Å². The second kappa shape index (κ2) is 9.16. The normalized spacial score (nSPS) is 21.1. The summed E-state index contributed by atoms with van der Waals surface area (Å²) in [6.45, 7) is 3.95. The minimum absolute atomic E-state index is 0.000571. The van der Waals surface area contributed by atoms with E-state index < -0.39 is 24.0 Å². The second-order valence-electron chi connectivity index (χ2n) is 8.73. The van der Waals surface area contributed by atoms with Crippen LogP contribution in [0.2, 0.25) is 5.02 Å². The van der Waals surface area contributed by atoms with Gasteiger partial charge in [-0.25, -0.2) is 4.98 Å². The Morgan fingerprint density at radius 1 is 1.21 bits per heavy atom. The van der Waals surface area contributed by atoms with E-state index in [0.717, 1.165) is 12.1 Å². The Morgan fingerprint density at radius 3 is 2.41 bits per heavy atom. The molecule has 4 rings (SSSR count). The molecule has 1 aromatic carbocycles. The maximum absolute atomic E-state index is 13.6. The molecule has 2 aliphatic rings. The molecule has 1 N–H and O–H groups in total. The van der Waals surface area contributed by atoms with Crippen molar-refractivity contribution in [2.24, 2.45) is 5.92 Å². The molecule has 34 heavy (non-hydrogen) atoms. The largest absolute Gasteiger partial charge is 0.416 e. The van der Waals surface area contributed by atoms with Crippen LogP contribution in [0.4, 0.5) is 19.0 Å². The molecule has 2 unspecified atom stereocenters. The molecule has 1 aromatic heterocycles. The number of alkyl halides is 3. The van der Waals surface area contributed by atoms with Gasteiger partial charge >= 0.3 is 6.18 Å². The van der Waals surface area contributed by atoms with Gasteiger partial charge in [0.2, 0.25) is 5.91 Å². The van der Waals surface area contributed by atoms with Crippen molar-refractivity contribution in [3.8, 4) is 0 Å². The number of likely N-dealkylation sites (tertiary alicyclic amines) is 1. The van der Waals surface area contributed by atoms with Crippen LogP contribution < -0.4 is 4.90 Å². The number of pyridine rings is 1. The number of aliphatic hydroxyl groups is 1. The summed E-state index contributed by atoms with van der Waals surface area (Å²) in [6, 6.07) is 5.38. The number of carbonyl (C=O) groups is 2. The third-order valence-electron chi connectivity index (χ3n) is 6.29. The number of amides is 2. The van der Waals surface area contributed by atoms with Crippen molar-refractivity contribution in [2.45, 2.75) is 38.8 Å². The van der Waals surface area contributed by atoms with E-state index in [0.29, 0.717) is 35.1 Å². The quantitative estimate of drug-likeness (QED) is 0.688. The highest BCUT2D eigenvalue weighted by atomic mass is 35.5. The summed E-state index contributed by atoms with van der Waals surface area (Å²) in [4.78, 5) is 35.7. The van der Waals surface area contributed by atoms with Crippen molar-refractivity contribution in [1.29, 1.82) is 0 Å². The van der Waals surface area contributed by atoms with Gasteiger partial charge in [0.05, 0.1) is 10.6 Å². The number of aromatic nitrogens is 1. The van der Waals surface area contributed by atoms with Gasteiger partial charge < -0.3 is 10.0 Å². The van der Waals surface area contributed by atoms with Crippen LogP contribution in [-0.2, 0) is 22.3 Å². The van der Waals surface area contributed by atoms with Gasteiger partial charge in [0.15, 0.2) is 0 Å². The summed E-state index contributed by atoms with van der Waals surface area (Å²) in [5.74, 6) is -0.555. The maximum atomic E-state index is 13.6. The fraction of sp³-hybridized carbons (Fsp3) is 0.435. The summed E-state index contributed by atoms with van der Waals surface area (Å²) in [5.41, 5.74) is 0.346. The van der Waals surface area contributed by atoms with Crippen molar-refractivity contribution in [3.05, 3.63) is 58.2 Å². The van der Waals surface area contributed by atoms with E-state index in [-0.39, 0.29) is 30.8 Å². The molecule has 2 saturated heterocycles. The van der Waals surface area contributed by atoms with Crippen LogP contribution in [-0.4, -0.2) is 63.6 Å². The number of anilines is 1. The van der Waals surface area contributed by atoms with Crippen LogP contribution in [0.3, 0.4) is 0 Å². The first-order chi connectivity index (χ1) is 16.0. The topological polar surface area (TPSA) is 77.0 Å². The van der Waals surface area contributed by atoms with Gasteiger partial charge in [-0.1, -0.05) is 23.7 Å². The van der Waals surface area contributed by atoms with Crippen molar-refractivity contribution in [2.75, 3.05) is 24.5 Å². The van der Waals surface area contributed by atoms with Crippen molar-refractivity contribution < 1.29 is 27.9 Å². The standard InChI is InChI=1S/C23H24ClF3N4O3/c1-13-7-18(24)8-28-21(13)31-12-19(33)30(9-15-3-5-17(6-4-15)23(25,26)27)20(22(31)34)16-10-29(11-16)14(2)32/h3-8,14,16,20,32H,9-12H2,1-2H3. The lowest BCUT2D eigenvalue weighted by Gasteiger charge is -2.50. The predicted molar refractivity (Wildman–Crippen MR) is 119 cm³/mol. The van der Waals surface area contributed by atoms with Crippen molar-refractivity contribution in [3.63, 3.8) is 0 Å².